The standard InChI is InChI=1S/C18H22N2O2/c1-13-5-4-6-16(12-13)20-18(21)19-10-9-15-11-14(2)7-8-17(15)22-3/h4-8,11-12H,9-10H2,1-3H3,(H2,19,20,21). The highest BCUT2D eigenvalue weighted by Gasteiger charge is 2.05. The van der Waals surface area contributed by atoms with Gasteiger partial charge in [0.2, 0.25) is 0 Å². The lowest BCUT2D eigenvalue weighted by Crippen LogP contribution is -2.30. The summed E-state index contributed by atoms with van der Waals surface area (Å²) in [5, 5.41) is 5.69. The van der Waals surface area contributed by atoms with Crippen molar-refractivity contribution in [3.05, 3.63) is 59.2 Å². The highest BCUT2D eigenvalue weighted by Crippen LogP contribution is 2.19. The third-order valence-corrected chi connectivity index (χ3v) is 3.39. The van der Waals surface area contributed by atoms with E-state index in [4.69, 9.17) is 4.74 Å². The topological polar surface area (TPSA) is 50.4 Å². The van der Waals surface area contributed by atoms with Crippen molar-refractivity contribution in [2.24, 2.45) is 0 Å². The Morgan fingerprint density at radius 1 is 1.09 bits per heavy atom. The Balaban J connectivity index is 1.86. The fourth-order valence-corrected chi connectivity index (χ4v) is 2.31. The van der Waals surface area contributed by atoms with E-state index in [1.54, 1.807) is 7.11 Å². The van der Waals surface area contributed by atoms with Crippen LogP contribution in [-0.2, 0) is 6.42 Å². The highest BCUT2D eigenvalue weighted by atomic mass is 16.5. The molecule has 0 saturated heterocycles. The third kappa shape index (κ3) is 4.52. The first-order valence-corrected chi connectivity index (χ1v) is 7.33. The fraction of sp³-hybridized carbons (Fsp3) is 0.278. The van der Waals surface area contributed by atoms with Crippen molar-refractivity contribution in [1.29, 1.82) is 0 Å². The zero-order chi connectivity index (χ0) is 15.9. The maximum atomic E-state index is 11.9. The van der Waals surface area contributed by atoms with E-state index < -0.39 is 0 Å². The number of carbonyl (C=O) groups excluding carboxylic acids is 1. The van der Waals surface area contributed by atoms with Gasteiger partial charge >= 0.3 is 6.03 Å². The number of aryl methyl sites for hydroxylation is 2. The molecule has 0 fully saturated rings. The number of benzene rings is 2. The first-order valence-electron chi connectivity index (χ1n) is 7.33. The number of methoxy groups -OCH3 is 1. The predicted octanol–water partition coefficient (Wildman–Crippen LogP) is 3.68. The number of rotatable bonds is 5. The molecule has 0 unspecified atom stereocenters. The van der Waals surface area contributed by atoms with E-state index in [-0.39, 0.29) is 6.03 Å². The van der Waals surface area contributed by atoms with E-state index in [9.17, 15) is 4.79 Å². The molecule has 0 atom stereocenters. The summed E-state index contributed by atoms with van der Waals surface area (Å²) in [6.45, 7) is 4.59. The molecule has 0 aliphatic carbocycles. The molecule has 2 N–H and O–H groups in total. The monoisotopic (exact) mass is 298 g/mol. The Hall–Kier alpha value is -2.49. The van der Waals surface area contributed by atoms with Gasteiger partial charge in [-0.1, -0.05) is 29.8 Å². The average molecular weight is 298 g/mol. The molecule has 2 amide bonds. The van der Waals surface area contributed by atoms with Crippen LogP contribution in [0.25, 0.3) is 0 Å². The van der Waals surface area contributed by atoms with E-state index >= 15 is 0 Å². The molecule has 0 spiro atoms. The van der Waals surface area contributed by atoms with Crippen LogP contribution >= 0.6 is 0 Å². The van der Waals surface area contributed by atoms with Crippen molar-refractivity contribution >= 4 is 11.7 Å². The van der Waals surface area contributed by atoms with Crippen LogP contribution in [0.15, 0.2) is 42.5 Å². The summed E-state index contributed by atoms with van der Waals surface area (Å²) in [6.07, 6.45) is 0.728. The number of hydrogen-bond donors (Lipinski definition) is 2. The molecule has 0 aliphatic heterocycles. The second-order valence-electron chi connectivity index (χ2n) is 5.32. The molecule has 2 aromatic carbocycles. The lowest BCUT2D eigenvalue weighted by Gasteiger charge is -2.11. The molecule has 0 saturated carbocycles. The largest absolute Gasteiger partial charge is 0.496 e. The Labute approximate surface area is 131 Å². The van der Waals surface area contributed by atoms with E-state index in [0.717, 1.165) is 29.0 Å². The lowest BCUT2D eigenvalue weighted by molar-refractivity contribution is 0.252. The normalized spacial score (nSPS) is 10.1. The molecule has 0 radical (unpaired) electrons. The van der Waals surface area contributed by atoms with E-state index in [2.05, 4.69) is 16.7 Å². The molecule has 2 aromatic rings. The fourth-order valence-electron chi connectivity index (χ4n) is 2.31. The molecule has 116 valence electrons. The summed E-state index contributed by atoms with van der Waals surface area (Å²) in [5.41, 5.74) is 4.19. The van der Waals surface area contributed by atoms with Gasteiger partial charge in [0.05, 0.1) is 7.11 Å². The van der Waals surface area contributed by atoms with Gasteiger partial charge in [-0.2, -0.15) is 0 Å². The van der Waals surface area contributed by atoms with Crippen LogP contribution in [0.5, 0.6) is 5.75 Å². The summed E-state index contributed by atoms with van der Waals surface area (Å²) < 4.78 is 5.34. The van der Waals surface area contributed by atoms with E-state index in [0.29, 0.717) is 6.54 Å². The van der Waals surface area contributed by atoms with Crippen molar-refractivity contribution in [3.8, 4) is 5.75 Å². The lowest BCUT2D eigenvalue weighted by atomic mass is 10.1. The maximum Gasteiger partial charge on any atom is 0.319 e. The van der Waals surface area contributed by atoms with Crippen LogP contribution in [0.1, 0.15) is 16.7 Å². The van der Waals surface area contributed by atoms with Gasteiger partial charge in [-0.15, -0.1) is 0 Å². The summed E-state index contributed by atoms with van der Waals surface area (Å²) in [5.74, 6) is 0.853. The van der Waals surface area contributed by atoms with Crippen LogP contribution in [-0.4, -0.2) is 19.7 Å². The van der Waals surface area contributed by atoms with Crippen molar-refractivity contribution in [1.82, 2.24) is 5.32 Å². The summed E-state index contributed by atoms with van der Waals surface area (Å²) in [4.78, 5) is 11.9. The highest BCUT2D eigenvalue weighted by molar-refractivity contribution is 5.89. The predicted molar refractivity (Wildman–Crippen MR) is 89.6 cm³/mol. The number of ether oxygens (including phenoxy) is 1. The van der Waals surface area contributed by atoms with Crippen LogP contribution in [0.4, 0.5) is 10.5 Å². The zero-order valence-electron chi connectivity index (χ0n) is 13.3. The maximum absolute atomic E-state index is 11.9. The van der Waals surface area contributed by atoms with Crippen molar-refractivity contribution in [2.75, 3.05) is 19.0 Å². The van der Waals surface area contributed by atoms with Crippen molar-refractivity contribution in [2.45, 2.75) is 20.3 Å². The smallest absolute Gasteiger partial charge is 0.319 e. The van der Waals surface area contributed by atoms with Crippen molar-refractivity contribution in [3.63, 3.8) is 0 Å². The van der Waals surface area contributed by atoms with Crippen LogP contribution < -0.4 is 15.4 Å². The molecular formula is C18H22N2O2. The van der Waals surface area contributed by atoms with Gasteiger partial charge in [0.15, 0.2) is 0 Å². The molecule has 0 aliphatic rings. The Bertz CT molecular complexity index is 653. The van der Waals surface area contributed by atoms with Gasteiger partial charge in [0, 0.05) is 12.2 Å². The molecule has 4 heteroatoms. The first-order chi connectivity index (χ1) is 10.6. The van der Waals surface area contributed by atoms with Crippen molar-refractivity contribution < 1.29 is 9.53 Å². The number of hydrogen-bond acceptors (Lipinski definition) is 2. The first kappa shape index (κ1) is 15.9. The van der Waals surface area contributed by atoms with Crippen LogP contribution in [0.2, 0.25) is 0 Å². The van der Waals surface area contributed by atoms with Gasteiger partial charge in [0.1, 0.15) is 5.75 Å². The van der Waals surface area contributed by atoms with E-state index in [1.165, 1.54) is 5.56 Å². The third-order valence-electron chi connectivity index (χ3n) is 3.39. The summed E-state index contributed by atoms with van der Waals surface area (Å²) >= 11 is 0. The van der Waals surface area contributed by atoms with Gasteiger partial charge in [-0.25, -0.2) is 4.79 Å². The Kier molecular flexibility index (Phi) is 5.42. The molecular weight excluding hydrogens is 276 g/mol. The van der Waals surface area contributed by atoms with Gasteiger partial charge in [-0.05, 0) is 49.6 Å². The molecule has 4 nitrogen and oxygen atoms in total. The minimum atomic E-state index is -0.197. The number of urea groups is 1. The number of carbonyl (C=O) groups is 1. The number of amides is 2. The zero-order valence-corrected chi connectivity index (χ0v) is 13.3. The van der Waals surface area contributed by atoms with Crippen LogP contribution in [0.3, 0.4) is 0 Å². The molecule has 0 aromatic heterocycles. The Morgan fingerprint density at radius 3 is 2.59 bits per heavy atom. The molecule has 2 rings (SSSR count). The minimum Gasteiger partial charge on any atom is -0.496 e. The Morgan fingerprint density at radius 2 is 1.86 bits per heavy atom. The van der Waals surface area contributed by atoms with Gasteiger partial charge in [0.25, 0.3) is 0 Å². The molecule has 0 heterocycles. The second kappa shape index (κ2) is 7.50. The molecule has 22 heavy (non-hydrogen) atoms. The van der Waals surface area contributed by atoms with Crippen LogP contribution in [0, 0.1) is 13.8 Å². The number of anilines is 1. The molecule has 0 bridgehead atoms. The second-order valence-corrected chi connectivity index (χ2v) is 5.32. The van der Waals surface area contributed by atoms with E-state index in [1.807, 2.05) is 50.2 Å². The quantitative estimate of drug-likeness (QED) is 0.884. The van der Waals surface area contributed by atoms with Gasteiger partial charge in [-0.3, -0.25) is 0 Å². The minimum absolute atomic E-state index is 0.197. The number of nitrogens with one attached hydrogen (secondary N) is 2. The SMILES string of the molecule is COc1ccc(C)cc1CCNC(=O)Nc1cccc(C)c1. The van der Waals surface area contributed by atoms with Gasteiger partial charge < -0.3 is 15.4 Å². The summed E-state index contributed by atoms with van der Waals surface area (Å²) in [6, 6.07) is 13.6. The average Bonchev–Trinajstić information content (AvgIpc) is 2.47. The summed E-state index contributed by atoms with van der Waals surface area (Å²) in [7, 11) is 1.66.